The number of rotatable bonds is 8. The molecule has 0 N–H and O–H groups in total. The van der Waals surface area contributed by atoms with Crippen molar-refractivity contribution in [2.24, 2.45) is 0 Å². The molecule has 0 aliphatic rings. The second kappa shape index (κ2) is 7.86. The van der Waals surface area contributed by atoms with Crippen molar-refractivity contribution < 1.29 is 9.47 Å². The van der Waals surface area contributed by atoms with Crippen molar-refractivity contribution in [1.82, 2.24) is 9.55 Å². The van der Waals surface area contributed by atoms with Crippen molar-refractivity contribution in [3.63, 3.8) is 0 Å². The minimum Gasteiger partial charge on any atom is -0.497 e. The van der Waals surface area contributed by atoms with Crippen LogP contribution in [0, 0.1) is 0 Å². The van der Waals surface area contributed by atoms with Gasteiger partial charge in [-0.05, 0) is 49.2 Å². The van der Waals surface area contributed by atoms with Crippen LogP contribution in [0.15, 0.2) is 48.5 Å². The Hall–Kier alpha value is -2.49. The van der Waals surface area contributed by atoms with Gasteiger partial charge in [-0.3, -0.25) is 0 Å². The van der Waals surface area contributed by atoms with Crippen LogP contribution in [0.4, 0.5) is 0 Å². The van der Waals surface area contributed by atoms with Gasteiger partial charge in [0.15, 0.2) is 0 Å². The largest absolute Gasteiger partial charge is 0.497 e. The lowest BCUT2D eigenvalue weighted by Gasteiger charge is -2.09. The molecule has 0 saturated heterocycles. The van der Waals surface area contributed by atoms with Gasteiger partial charge in [-0.15, -0.1) is 0 Å². The number of imidazole rings is 1. The molecule has 0 saturated carbocycles. The third kappa shape index (κ3) is 3.70. The van der Waals surface area contributed by atoms with E-state index in [-0.39, 0.29) is 0 Å². The fraction of sp³-hybridized carbons (Fsp3) is 0.350. The van der Waals surface area contributed by atoms with Gasteiger partial charge in [0.2, 0.25) is 0 Å². The third-order valence-electron chi connectivity index (χ3n) is 4.15. The number of ether oxygens (including phenoxy) is 2. The Labute approximate surface area is 143 Å². The first-order chi connectivity index (χ1) is 11.8. The Kier molecular flexibility index (Phi) is 5.36. The summed E-state index contributed by atoms with van der Waals surface area (Å²) in [4.78, 5) is 4.71. The van der Waals surface area contributed by atoms with Crippen LogP contribution < -0.4 is 9.47 Å². The molecule has 24 heavy (non-hydrogen) atoms. The van der Waals surface area contributed by atoms with Crippen LogP contribution in [-0.4, -0.2) is 23.3 Å². The van der Waals surface area contributed by atoms with E-state index in [1.165, 1.54) is 5.52 Å². The van der Waals surface area contributed by atoms with Gasteiger partial charge in [-0.2, -0.15) is 0 Å². The van der Waals surface area contributed by atoms with Gasteiger partial charge in [0.05, 0.1) is 24.8 Å². The van der Waals surface area contributed by atoms with Gasteiger partial charge in [-0.25, -0.2) is 4.98 Å². The maximum absolute atomic E-state index is 5.79. The van der Waals surface area contributed by atoms with Gasteiger partial charge in [0.1, 0.15) is 17.3 Å². The van der Waals surface area contributed by atoms with Crippen molar-refractivity contribution in [2.75, 3.05) is 13.7 Å². The highest BCUT2D eigenvalue weighted by molar-refractivity contribution is 5.75. The zero-order chi connectivity index (χ0) is 16.8. The highest BCUT2D eigenvalue weighted by Crippen LogP contribution is 2.19. The Morgan fingerprint density at radius 3 is 2.46 bits per heavy atom. The van der Waals surface area contributed by atoms with Crippen LogP contribution in [0.3, 0.4) is 0 Å². The van der Waals surface area contributed by atoms with E-state index < -0.39 is 0 Å². The summed E-state index contributed by atoms with van der Waals surface area (Å²) < 4.78 is 13.3. The minimum absolute atomic E-state index is 0.723. The normalized spacial score (nSPS) is 10.9. The number of methoxy groups -OCH3 is 1. The average molecular weight is 324 g/mol. The smallest absolute Gasteiger partial charge is 0.119 e. The summed E-state index contributed by atoms with van der Waals surface area (Å²) in [5.74, 6) is 2.90. The monoisotopic (exact) mass is 324 g/mol. The molecule has 3 aromatic rings. The molecule has 0 bridgehead atoms. The predicted molar refractivity (Wildman–Crippen MR) is 96.8 cm³/mol. The number of aromatic nitrogens is 2. The maximum atomic E-state index is 5.79. The summed E-state index contributed by atoms with van der Waals surface area (Å²) in [6, 6.07) is 16.1. The van der Waals surface area contributed by atoms with E-state index in [2.05, 4.69) is 29.7 Å². The molecule has 0 atom stereocenters. The summed E-state index contributed by atoms with van der Waals surface area (Å²) in [6.45, 7) is 3.86. The van der Waals surface area contributed by atoms with Crippen LogP contribution >= 0.6 is 0 Å². The Bertz CT molecular complexity index is 778. The molecule has 0 fully saturated rings. The van der Waals surface area contributed by atoms with E-state index in [1.807, 2.05) is 30.3 Å². The van der Waals surface area contributed by atoms with Crippen molar-refractivity contribution >= 4 is 11.0 Å². The number of unbranched alkanes of at least 4 members (excludes halogenated alkanes) is 1. The minimum atomic E-state index is 0.723. The number of aryl methyl sites for hydroxylation is 2. The second-order valence-electron chi connectivity index (χ2n) is 5.75. The SMILES string of the molecule is CCc1nc2ccccc2n1CCCCOc1ccc(OC)cc1. The highest BCUT2D eigenvalue weighted by Gasteiger charge is 2.08. The van der Waals surface area contributed by atoms with Crippen molar-refractivity contribution in [2.45, 2.75) is 32.7 Å². The molecule has 0 aliphatic carbocycles. The first-order valence-corrected chi connectivity index (χ1v) is 8.53. The molecule has 1 heterocycles. The Morgan fingerprint density at radius 2 is 1.71 bits per heavy atom. The summed E-state index contributed by atoms with van der Waals surface area (Å²) in [5.41, 5.74) is 2.31. The molecule has 2 aromatic carbocycles. The van der Waals surface area contributed by atoms with Crippen LogP contribution in [-0.2, 0) is 13.0 Å². The summed E-state index contributed by atoms with van der Waals surface area (Å²) in [7, 11) is 1.67. The van der Waals surface area contributed by atoms with E-state index in [9.17, 15) is 0 Å². The van der Waals surface area contributed by atoms with Gasteiger partial charge < -0.3 is 14.0 Å². The number of fused-ring (bicyclic) bond motifs is 1. The van der Waals surface area contributed by atoms with E-state index in [1.54, 1.807) is 7.11 Å². The van der Waals surface area contributed by atoms with Gasteiger partial charge in [0.25, 0.3) is 0 Å². The molecule has 1 aromatic heterocycles. The lowest BCUT2D eigenvalue weighted by Crippen LogP contribution is -2.05. The predicted octanol–water partition coefficient (Wildman–Crippen LogP) is 4.47. The Morgan fingerprint density at radius 1 is 0.958 bits per heavy atom. The second-order valence-corrected chi connectivity index (χ2v) is 5.75. The third-order valence-corrected chi connectivity index (χ3v) is 4.15. The summed E-state index contributed by atoms with van der Waals surface area (Å²) in [5, 5.41) is 0. The molecular weight excluding hydrogens is 300 g/mol. The number of nitrogens with zero attached hydrogens (tertiary/aromatic N) is 2. The number of hydrogen-bond acceptors (Lipinski definition) is 3. The van der Waals surface area contributed by atoms with E-state index in [0.717, 1.165) is 55.3 Å². The number of hydrogen-bond donors (Lipinski definition) is 0. The lowest BCUT2D eigenvalue weighted by molar-refractivity contribution is 0.302. The van der Waals surface area contributed by atoms with Crippen molar-refractivity contribution in [1.29, 1.82) is 0 Å². The van der Waals surface area contributed by atoms with Gasteiger partial charge in [0, 0.05) is 13.0 Å². The summed E-state index contributed by atoms with van der Waals surface area (Å²) >= 11 is 0. The van der Waals surface area contributed by atoms with Crippen molar-refractivity contribution in [3.05, 3.63) is 54.4 Å². The van der Waals surface area contributed by atoms with Crippen LogP contribution in [0.25, 0.3) is 11.0 Å². The number of benzene rings is 2. The molecule has 0 unspecified atom stereocenters. The highest BCUT2D eigenvalue weighted by atomic mass is 16.5. The van der Waals surface area contributed by atoms with Gasteiger partial charge >= 0.3 is 0 Å². The molecule has 0 spiro atoms. The van der Waals surface area contributed by atoms with Crippen LogP contribution in [0.1, 0.15) is 25.6 Å². The Balaban J connectivity index is 1.51. The first kappa shape index (κ1) is 16.4. The molecule has 4 nitrogen and oxygen atoms in total. The summed E-state index contributed by atoms with van der Waals surface area (Å²) in [6.07, 6.45) is 3.04. The van der Waals surface area contributed by atoms with E-state index >= 15 is 0 Å². The zero-order valence-electron chi connectivity index (χ0n) is 14.4. The van der Waals surface area contributed by atoms with Gasteiger partial charge in [-0.1, -0.05) is 19.1 Å². The van der Waals surface area contributed by atoms with Crippen LogP contribution in [0.5, 0.6) is 11.5 Å². The topological polar surface area (TPSA) is 36.3 Å². The molecule has 0 radical (unpaired) electrons. The molecule has 4 heteroatoms. The fourth-order valence-corrected chi connectivity index (χ4v) is 2.88. The number of para-hydroxylation sites is 2. The standard InChI is InChI=1S/C20H24N2O2/c1-3-20-21-18-8-4-5-9-19(18)22(20)14-6-7-15-24-17-12-10-16(23-2)11-13-17/h4-5,8-13H,3,6-7,14-15H2,1-2H3. The molecule has 126 valence electrons. The molecule has 0 aliphatic heterocycles. The fourth-order valence-electron chi connectivity index (χ4n) is 2.88. The average Bonchev–Trinajstić information content (AvgIpc) is 3.00. The molecule has 3 rings (SSSR count). The molecule has 0 amide bonds. The first-order valence-electron chi connectivity index (χ1n) is 8.53. The molecular formula is C20H24N2O2. The quantitative estimate of drug-likeness (QED) is 0.574. The van der Waals surface area contributed by atoms with Crippen molar-refractivity contribution in [3.8, 4) is 11.5 Å². The van der Waals surface area contributed by atoms with Crippen LogP contribution in [0.2, 0.25) is 0 Å². The maximum Gasteiger partial charge on any atom is 0.119 e. The lowest BCUT2D eigenvalue weighted by atomic mass is 10.3. The van der Waals surface area contributed by atoms with E-state index in [0.29, 0.717) is 0 Å². The zero-order valence-corrected chi connectivity index (χ0v) is 14.4. The van der Waals surface area contributed by atoms with E-state index in [4.69, 9.17) is 14.5 Å².